The van der Waals surface area contributed by atoms with E-state index in [-0.39, 0.29) is 29.5 Å². The van der Waals surface area contributed by atoms with E-state index < -0.39 is 0 Å². The molecule has 0 aromatic heterocycles. The molecule has 4 nitrogen and oxygen atoms in total. The average molecular weight is 382 g/mol. The van der Waals surface area contributed by atoms with Gasteiger partial charge in [0.05, 0.1) is 0 Å². The van der Waals surface area contributed by atoms with Gasteiger partial charge >= 0.3 is 0 Å². The van der Waals surface area contributed by atoms with Gasteiger partial charge in [-0.3, -0.25) is 9.59 Å². The van der Waals surface area contributed by atoms with Gasteiger partial charge in [0.15, 0.2) is 0 Å². The molecular formula is C23H27FN2O2. The molecule has 1 aliphatic carbocycles. The van der Waals surface area contributed by atoms with Crippen LogP contribution in [0.3, 0.4) is 0 Å². The van der Waals surface area contributed by atoms with Crippen molar-refractivity contribution >= 4 is 17.5 Å². The second-order valence-corrected chi connectivity index (χ2v) is 7.42. The summed E-state index contributed by atoms with van der Waals surface area (Å²) in [6.45, 7) is 0.679. The van der Waals surface area contributed by atoms with Crippen molar-refractivity contribution in [1.82, 2.24) is 5.32 Å². The molecule has 0 bridgehead atoms. The minimum absolute atomic E-state index is 0.00778. The zero-order valence-corrected chi connectivity index (χ0v) is 16.0. The van der Waals surface area contributed by atoms with Gasteiger partial charge < -0.3 is 10.6 Å². The Hall–Kier alpha value is -2.69. The summed E-state index contributed by atoms with van der Waals surface area (Å²) in [5.74, 6) is -0.370. The maximum absolute atomic E-state index is 12.9. The van der Waals surface area contributed by atoms with E-state index in [2.05, 4.69) is 22.8 Å². The fourth-order valence-electron chi connectivity index (χ4n) is 3.69. The van der Waals surface area contributed by atoms with Gasteiger partial charge in [0.2, 0.25) is 11.8 Å². The van der Waals surface area contributed by atoms with Crippen molar-refractivity contribution in [2.45, 2.75) is 38.5 Å². The van der Waals surface area contributed by atoms with Gasteiger partial charge in [-0.2, -0.15) is 0 Å². The lowest BCUT2D eigenvalue weighted by Gasteiger charge is -2.27. The highest BCUT2D eigenvalue weighted by Crippen LogP contribution is 2.30. The number of benzene rings is 2. The van der Waals surface area contributed by atoms with Crippen LogP contribution in [0.2, 0.25) is 0 Å². The van der Waals surface area contributed by atoms with E-state index in [9.17, 15) is 14.0 Å². The SMILES string of the molecule is O=C(NCCCc1ccccc1)C1CCC(C(=O)Nc2ccc(F)cc2)CC1. The van der Waals surface area contributed by atoms with Crippen LogP contribution in [0.5, 0.6) is 0 Å². The van der Waals surface area contributed by atoms with Crippen LogP contribution in [-0.2, 0) is 16.0 Å². The van der Waals surface area contributed by atoms with E-state index in [1.165, 1.54) is 17.7 Å². The van der Waals surface area contributed by atoms with Crippen LogP contribution in [0, 0.1) is 17.7 Å². The Labute approximate surface area is 165 Å². The summed E-state index contributed by atoms with van der Waals surface area (Å²) in [5, 5.41) is 5.87. The number of amides is 2. The fraction of sp³-hybridized carbons (Fsp3) is 0.391. The fourth-order valence-corrected chi connectivity index (χ4v) is 3.69. The molecule has 5 heteroatoms. The molecule has 0 saturated heterocycles. The summed E-state index contributed by atoms with van der Waals surface area (Å²) in [7, 11) is 0. The Kier molecular flexibility index (Phi) is 7.18. The number of carbonyl (C=O) groups is 2. The number of halogens is 1. The van der Waals surface area contributed by atoms with Crippen LogP contribution in [0.1, 0.15) is 37.7 Å². The van der Waals surface area contributed by atoms with E-state index in [1.807, 2.05) is 18.2 Å². The topological polar surface area (TPSA) is 58.2 Å². The predicted molar refractivity (Wildman–Crippen MR) is 108 cm³/mol. The number of aryl methyl sites for hydroxylation is 1. The van der Waals surface area contributed by atoms with Crippen molar-refractivity contribution in [2.24, 2.45) is 11.8 Å². The summed E-state index contributed by atoms with van der Waals surface area (Å²) >= 11 is 0. The van der Waals surface area contributed by atoms with Crippen molar-refractivity contribution < 1.29 is 14.0 Å². The van der Waals surface area contributed by atoms with Crippen molar-refractivity contribution in [3.05, 3.63) is 66.0 Å². The number of anilines is 1. The second kappa shape index (κ2) is 10.0. The zero-order chi connectivity index (χ0) is 19.8. The van der Waals surface area contributed by atoms with Crippen molar-refractivity contribution in [3.63, 3.8) is 0 Å². The highest BCUT2D eigenvalue weighted by molar-refractivity contribution is 5.92. The lowest BCUT2D eigenvalue weighted by molar-refractivity contribution is -0.128. The molecule has 2 N–H and O–H groups in total. The lowest BCUT2D eigenvalue weighted by Crippen LogP contribution is -2.36. The van der Waals surface area contributed by atoms with E-state index in [0.717, 1.165) is 25.7 Å². The molecule has 1 saturated carbocycles. The first kappa shape index (κ1) is 20.1. The molecule has 28 heavy (non-hydrogen) atoms. The third kappa shape index (κ3) is 5.91. The Balaban J connectivity index is 1.35. The van der Waals surface area contributed by atoms with Crippen LogP contribution in [0.15, 0.2) is 54.6 Å². The van der Waals surface area contributed by atoms with Gasteiger partial charge in [-0.25, -0.2) is 4.39 Å². The molecule has 148 valence electrons. The second-order valence-electron chi connectivity index (χ2n) is 7.42. The molecular weight excluding hydrogens is 355 g/mol. The molecule has 1 aliphatic rings. The number of hydrogen-bond acceptors (Lipinski definition) is 2. The maximum Gasteiger partial charge on any atom is 0.227 e. The Morgan fingerprint density at radius 1 is 0.857 bits per heavy atom. The standard InChI is InChI=1S/C23H27FN2O2/c24-20-12-14-21(15-13-20)26-23(28)19-10-8-18(9-11-19)22(27)25-16-4-7-17-5-2-1-3-6-17/h1-3,5-6,12-15,18-19H,4,7-11,16H2,(H,25,27)(H,26,28). The van der Waals surface area contributed by atoms with E-state index >= 15 is 0 Å². The molecule has 2 amide bonds. The predicted octanol–water partition coefficient (Wildman–Crippen LogP) is 4.32. The van der Waals surface area contributed by atoms with E-state index in [1.54, 1.807) is 12.1 Å². The van der Waals surface area contributed by atoms with Gasteiger partial charge in [-0.1, -0.05) is 30.3 Å². The number of rotatable bonds is 7. The summed E-state index contributed by atoms with van der Waals surface area (Å²) in [6, 6.07) is 16.0. The summed E-state index contributed by atoms with van der Waals surface area (Å²) in [4.78, 5) is 24.7. The highest BCUT2D eigenvalue weighted by atomic mass is 19.1. The van der Waals surface area contributed by atoms with Crippen LogP contribution in [0.4, 0.5) is 10.1 Å². The zero-order valence-electron chi connectivity index (χ0n) is 16.0. The molecule has 0 atom stereocenters. The van der Waals surface area contributed by atoms with E-state index in [4.69, 9.17) is 0 Å². The first-order valence-corrected chi connectivity index (χ1v) is 10.00. The number of nitrogens with one attached hydrogen (secondary N) is 2. The molecule has 0 heterocycles. The molecule has 2 aromatic carbocycles. The average Bonchev–Trinajstić information content (AvgIpc) is 2.73. The largest absolute Gasteiger partial charge is 0.356 e. The van der Waals surface area contributed by atoms with Gasteiger partial charge in [0.1, 0.15) is 5.82 Å². The summed E-state index contributed by atoms with van der Waals surface area (Å²) < 4.78 is 12.9. The van der Waals surface area contributed by atoms with Gasteiger partial charge in [0, 0.05) is 24.1 Å². The Morgan fingerprint density at radius 3 is 2.11 bits per heavy atom. The lowest BCUT2D eigenvalue weighted by atomic mass is 9.81. The quantitative estimate of drug-likeness (QED) is 0.701. The minimum Gasteiger partial charge on any atom is -0.356 e. The van der Waals surface area contributed by atoms with Crippen molar-refractivity contribution in [1.29, 1.82) is 0 Å². The van der Waals surface area contributed by atoms with Gasteiger partial charge in [-0.05, 0) is 68.4 Å². The van der Waals surface area contributed by atoms with Gasteiger partial charge in [0.25, 0.3) is 0 Å². The Bertz CT molecular complexity index is 769. The first-order chi connectivity index (χ1) is 13.6. The monoisotopic (exact) mass is 382 g/mol. The van der Waals surface area contributed by atoms with Gasteiger partial charge in [-0.15, -0.1) is 0 Å². The number of hydrogen-bond donors (Lipinski definition) is 2. The first-order valence-electron chi connectivity index (χ1n) is 10.00. The highest BCUT2D eigenvalue weighted by Gasteiger charge is 2.29. The van der Waals surface area contributed by atoms with Crippen LogP contribution < -0.4 is 10.6 Å². The van der Waals surface area contributed by atoms with Crippen LogP contribution >= 0.6 is 0 Å². The molecule has 0 aliphatic heterocycles. The number of carbonyl (C=O) groups excluding carboxylic acids is 2. The molecule has 0 unspecified atom stereocenters. The van der Waals surface area contributed by atoms with E-state index in [0.29, 0.717) is 25.1 Å². The molecule has 0 radical (unpaired) electrons. The van der Waals surface area contributed by atoms with Crippen molar-refractivity contribution in [2.75, 3.05) is 11.9 Å². The maximum atomic E-state index is 12.9. The van der Waals surface area contributed by atoms with Crippen LogP contribution in [0.25, 0.3) is 0 Å². The smallest absolute Gasteiger partial charge is 0.227 e. The Morgan fingerprint density at radius 2 is 1.46 bits per heavy atom. The van der Waals surface area contributed by atoms with Crippen molar-refractivity contribution in [3.8, 4) is 0 Å². The minimum atomic E-state index is -0.326. The molecule has 2 aromatic rings. The molecule has 0 spiro atoms. The molecule has 3 rings (SSSR count). The normalized spacial score (nSPS) is 19.0. The van der Waals surface area contributed by atoms with Crippen LogP contribution in [-0.4, -0.2) is 18.4 Å². The molecule has 1 fully saturated rings. The summed E-state index contributed by atoms with van der Waals surface area (Å²) in [5.41, 5.74) is 1.88. The summed E-state index contributed by atoms with van der Waals surface area (Å²) in [6.07, 6.45) is 4.74. The third-order valence-electron chi connectivity index (χ3n) is 5.36. The third-order valence-corrected chi connectivity index (χ3v) is 5.36.